The van der Waals surface area contributed by atoms with Crippen LogP contribution in [0.3, 0.4) is 0 Å². The molecule has 108 valence electrons. The summed E-state index contributed by atoms with van der Waals surface area (Å²) in [5.41, 5.74) is 0.288. The molecule has 0 aliphatic carbocycles. The van der Waals surface area contributed by atoms with E-state index in [4.69, 9.17) is 4.42 Å². The summed E-state index contributed by atoms with van der Waals surface area (Å²) in [6.07, 6.45) is 5.25. The first-order valence-electron chi connectivity index (χ1n) is 6.71. The molecule has 0 aromatic carbocycles. The van der Waals surface area contributed by atoms with E-state index in [1.54, 1.807) is 30.7 Å². The third kappa shape index (κ3) is 2.85. The number of aliphatic hydroxyl groups is 1. The minimum atomic E-state index is -0.147. The number of aromatic nitrogens is 3. The second-order valence-electron chi connectivity index (χ2n) is 4.91. The molecule has 3 heterocycles. The highest BCUT2D eigenvalue weighted by atomic mass is 16.3. The maximum atomic E-state index is 12.4. The summed E-state index contributed by atoms with van der Waals surface area (Å²) >= 11 is 0. The Kier molecular flexibility index (Phi) is 3.79. The molecule has 0 spiro atoms. The molecule has 0 bridgehead atoms. The van der Waals surface area contributed by atoms with E-state index in [2.05, 4.69) is 9.97 Å². The van der Waals surface area contributed by atoms with E-state index in [1.165, 1.54) is 10.9 Å². The zero-order chi connectivity index (χ0) is 14.7. The maximum absolute atomic E-state index is 12.4. The van der Waals surface area contributed by atoms with Crippen molar-refractivity contribution in [1.29, 1.82) is 0 Å². The monoisotopic (exact) mass is 285 g/mol. The fourth-order valence-corrected chi connectivity index (χ4v) is 2.31. The summed E-state index contributed by atoms with van der Waals surface area (Å²) in [7, 11) is 0. The van der Waals surface area contributed by atoms with E-state index in [0.29, 0.717) is 24.0 Å². The number of pyridine rings is 1. The van der Waals surface area contributed by atoms with Crippen molar-refractivity contribution in [2.24, 2.45) is 5.92 Å². The van der Waals surface area contributed by atoms with Crippen LogP contribution in [-0.2, 0) is 13.0 Å². The summed E-state index contributed by atoms with van der Waals surface area (Å²) in [5.74, 6) is 0.683. The first-order valence-corrected chi connectivity index (χ1v) is 6.71. The van der Waals surface area contributed by atoms with Crippen LogP contribution >= 0.6 is 0 Å². The quantitative estimate of drug-likeness (QED) is 0.762. The fraction of sp³-hybridized carbons (Fsp3) is 0.267. The minimum absolute atomic E-state index is 0.0295. The number of rotatable bonds is 5. The number of furan rings is 1. The number of aliphatic hydroxyl groups excluding tert-OH is 1. The molecule has 1 N–H and O–H groups in total. The highest BCUT2D eigenvalue weighted by Gasteiger charge is 2.13. The SMILES string of the molecule is O=c1c2cccnc2ncn1C[C@@H](CO)Cc1ccco1. The van der Waals surface area contributed by atoms with E-state index in [0.717, 1.165) is 5.76 Å². The number of hydrogen-bond acceptors (Lipinski definition) is 5. The van der Waals surface area contributed by atoms with Crippen LogP contribution in [0.1, 0.15) is 5.76 Å². The van der Waals surface area contributed by atoms with Gasteiger partial charge >= 0.3 is 0 Å². The molecule has 3 rings (SSSR count). The predicted molar refractivity (Wildman–Crippen MR) is 76.8 cm³/mol. The van der Waals surface area contributed by atoms with Crippen LogP contribution in [0.5, 0.6) is 0 Å². The lowest BCUT2D eigenvalue weighted by Gasteiger charge is -2.14. The minimum Gasteiger partial charge on any atom is -0.469 e. The van der Waals surface area contributed by atoms with Gasteiger partial charge in [-0.1, -0.05) is 0 Å². The highest BCUT2D eigenvalue weighted by molar-refractivity contribution is 5.72. The van der Waals surface area contributed by atoms with Crippen molar-refractivity contribution in [3.05, 3.63) is 59.2 Å². The standard InChI is InChI=1S/C15H15N3O3/c19-9-11(7-12-3-2-6-21-12)8-18-10-17-14-13(15(18)20)4-1-5-16-14/h1-6,10-11,19H,7-9H2/t11-/m0/s1. The van der Waals surface area contributed by atoms with Crippen molar-refractivity contribution in [1.82, 2.24) is 14.5 Å². The Morgan fingerprint density at radius 3 is 2.95 bits per heavy atom. The van der Waals surface area contributed by atoms with Gasteiger partial charge in [-0.2, -0.15) is 0 Å². The van der Waals surface area contributed by atoms with Gasteiger partial charge in [0.05, 0.1) is 18.0 Å². The molecule has 0 unspecified atom stereocenters. The summed E-state index contributed by atoms with van der Waals surface area (Å²) < 4.78 is 6.79. The van der Waals surface area contributed by atoms with E-state index in [1.807, 2.05) is 6.07 Å². The number of hydrogen-bond donors (Lipinski definition) is 1. The van der Waals surface area contributed by atoms with Crippen molar-refractivity contribution in [3.63, 3.8) is 0 Å². The molecule has 0 aliphatic rings. The number of nitrogens with zero attached hydrogens (tertiary/aromatic N) is 3. The molecule has 3 aromatic heterocycles. The molecular weight excluding hydrogens is 270 g/mol. The molecule has 0 amide bonds. The highest BCUT2D eigenvalue weighted by Crippen LogP contribution is 2.11. The summed E-state index contributed by atoms with van der Waals surface area (Å²) in [5, 5.41) is 9.98. The van der Waals surface area contributed by atoms with Crippen LogP contribution < -0.4 is 5.56 Å². The molecule has 1 atom stereocenters. The topological polar surface area (TPSA) is 81.2 Å². The van der Waals surface area contributed by atoms with Gasteiger partial charge in [-0.25, -0.2) is 9.97 Å². The normalized spacial score (nSPS) is 12.6. The molecule has 0 radical (unpaired) electrons. The van der Waals surface area contributed by atoms with Gasteiger partial charge in [0.15, 0.2) is 5.65 Å². The smallest absolute Gasteiger partial charge is 0.262 e. The largest absolute Gasteiger partial charge is 0.469 e. The molecule has 21 heavy (non-hydrogen) atoms. The van der Waals surface area contributed by atoms with Gasteiger partial charge in [-0.3, -0.25) is 9.36 Å². The third-order valence-electron chi connectivity index (χ3n) is 3.38. The number of fused-ring (bicyclic) bond motifs is 1. The van der Waals surface area contributed by atoms with E-state index in [9.17, 15) is 9.90 Å². The van der Waals surface area contributed by atoms with E-state index >= 15 is 0 Å². The first-order chi connectivity index (χ1) is 10.3. The molecule has 0 fully saturated rings. The van der Waals surface area contributed by atoms with Gasteiger partial charge in [0.1, 0.15) is 5.76 Å². The van der Waals surface area contributed by atoms with Gasteiger partial charge in [0.25, 0.3) is 5.56 Å². The fourth-order valence-electron chi connectivity index (χ4n) is 2.31. The molecule has 3 aromatic rings. The van der Waals surface area contributed by atoms with Gasteiger partial charge in [0, 0.05) is 31.7 Å². The van der Waals surface area contributed by atoms with Crippen LogP contribution in [0.15, 0.2) is 52.3 Å². The Bertz CT molecular complexity index is 780. The Labute approximate surface area is 120 Å². The van der Waals surface area contributed by atoms with Gasteiger partial charge in [-0.05, 0) is 24.3 Å². The average Bonchev–Trinajstić information content (AvgIpc) is 3.02. The summed E-state index contributed by atoms with van der Waals surface area (Å²) in [4.78, 5) is 20.6. The second kappa shape index (κ2) is 5.88. The van der Waals surface area contributed by atoms with Crippen LogP contribution in [0.4, 0.5) is 0 Å². The lowest BCUT2D eigenvalue weighted by atomic mass is 10.1. The predicted octanol–water partition coefficient (Wildman–Crippen LogP) is 1.24. The van der Waals surface area contributed by atoms with Crippen LogP contribution in [0.2, 0.25) is 0 Å². The molecule has 0 saturated carbocycles. The van der Waals surface area contributed by atoms with Crippen molar-refractivity contribution < 1.29 is 9.52 Å². The van der Waals surface area contributed by atoms with Gasteiger partial charge in [-0.15, -0.1) is 0 Å². The Hall–Kier alpha value is -2.47. The maximum Gasteiger partial charge on any atom is 0.262 e. The molecule has 0 saturated heterocycles. The van der Waals surface area contributed by atoms with Crippen LogP contribution in [-0.4, -0.2) is 26.2 Å². The van der Waals surface area contributed by atoms with Crippen molar-refractivity contribution >= 4 is 11.0 Å². The lowest BCUT2D eigenvalue weighted by Crippen LogP contribution is -2.27. The summed E-state index contributed by atoms with van der Waals surface area (Å²) in [6, 6.07) is 7.07. The van der Waals surface area contributed by atoms with E-state index in [-0.39, 0.29) is 18.1 Å². The first kappa shape index (κ1) is 13.5. The Morgan fingerprint density at radius 1 is 1.29 bits per heavy atom. The van der Waals surface area contributed by atoms with Crippen LogP contribution in [0, 0.1) is 5.92 Å². The zero-order valence-corrected chi connectivity index (χ0v) is 11.3. The third-order valence-corrected chi connectivity index (χ3v) is 3.38. The summed E-state index contributed by atoms with van der Waals surface area (Å²) in [6.45, 7) is 0.353. The van der Waals surface area contributed by atoms with Crippen LogP contribution in [0.25, 0.3) is 11.0 Å². The second-order valence-corrected chi connectivity index (χ2v) is 4.91. The Morgan fingerprint density at radius 2 is 2.19 bits per heavy atom. The van der Waals surface area contributed by atoms with E-state index < -0.39 is 0 Å². The van der Waals surface area contributed by atoms with Crippen molar-refractivity contribution in [3.8, 4) is 0 Å². The van der Waals surface area contributed by atoms with Crippen molar-refractivity contribution in [2.75, 3.05) is 6.61 Å². The average molecular weight is 285 g/mol. The molecular formula is C15H15N3O3. The Balaban J connectivity index is 1.86. The van der Waals surface area contributed by atoms with Crippen molar-refractivity contribution in [2.45, 2.75) is 13.0 Å². The van der Waals surface area contributed by atoms with Gasteiger partial charge in [0.2, 0.25) is 0 Å². The molecule has 0 aliphatic heterocycles. The lowest BCUT2D eigenvalue weighted by molar-refractivity contribution is 0.203. The molecule has 6 heteroatoms. The zero-order valence-electron chi connectivity index (χ0n) is 11.3. The van der Waals surface area contributed by atoms with Gasteiger partial charge < -0.3 is 9.52 Å². The molecule has 6 nitrogen and oxygen atoms in total.